The van der Waals surface area contributed by atoms with Gasteiger partial charge in [-0.3, -0.25) is 9.97 Å². The highest BCUT2D eigenvalue weighted by atomic mass is 32.1. The lowest BCUT2D eigenvalue weighted by atomic mass is 9.79. The molecule has 0 atom stereocenters. The predicted octanol–water partition coefficient (Wildman–Crippen LogP) is 10.5. The van der Waals surface area contributed by atoms with E-state index < -0.39 is 0 Å². The smallest absolute Gasteiger partial charge is 0.141 e. The maximum Gasteiger partial charge on any atom is 0.141 e. The normalized spacial score (nSPS) is 11.2. The molecule has 0 fully saturated rings. The Morgan fingerprint density at radius 1 is 0.364 bits per heavy atom. The molecular weight excluding hydrogens is 577 g/mol. The highest BCUT2D eigenvalue weighted by molar-refractivity contribution is 7.13. The van der Waals surface area contributed by atoms with Crippen molar-refractivity contribution in [2.24, 2.45) is 0 Å². The van der Waals surface area contributed by atoms with Gasteiger partial charge in [0.15, 0.2) is 0 Å². The van der Waals surface area contributed by atoms with Crippen molar-refractivity contribution >= 4 is 33.4 Å². The second-order valence-corrected chi connectivity index (χ2v) is 12.1. The first-order chi connectivity index (χ1) is 21.8. The number of nitrogens with zero attached hydrogens (tertiary/aromatic N) is 4. The highest BCUT2D eigenvalue weighted by Gasteiger charge is 2.24. The van der Waals surface area contributed by atoms with Gasteiger partial charge in [0.2, 0.25) is 0 Å². The van der Waals surface area contributed by atoms with E-state index in [0.717, 1.165) is 65.6 Å². The summed E-state index contributed by atoms with van der Waals surface area (Å²) in [7, 11) is 0. The summed E-state index contributed by atoms with van der Waals surface area (Å²) >= 11 is 3.19. The summed E-state index contributed by atoms with van der Waals surface area (Å²) in [5.41, 5.74) is 10.8. The van der Waals surface area contributed by atoms with Gasteiger partial charge in [0.1, 0.15) is 10.0 Å². The number of thiazole rings is 2. The largest absolute Gasteiger partial charge is 0.253 e. The molecule has 0 N–H and O–H groups in total. The molecule has 0 saturated carbocycles. The fraction of sp³-hybridized carbons (Fsp3) is 0. The van der Waals surface area contributed by atoms with Crippen molar-refractivity contribution in [1.29, 1.82) is 0 Å². The van der Waals surface area contributed by atoms with Gasteiger partial charge in [0.05, 0.1) is 11.4 Å². The third-order valence-electron chi connectivity index (χ3n) is 7.75. The van der Waals surface area contributed by atoms with Crippen molar-refractivity contribution in [3.8, 4) is 65.9 Å². The second kappa shape index (κ2) is 11.4. The Balaban J connectivity index is 1.47. The molecule has 4 heterocycles. The lowest BCUT2D eigenvalue weighted by Gasteiger charge is -2.24. The number of aromatic nitrogens is 4. The molecule has 8 rings (SSSR count). The Kier molecular flexibility index (Phi) is 6.83. The van der Waals surface area contributed by atoms with E-state index in [9.17, 15) is 0 Å². The summed E-state index contributed by atoms with van der Waals surface area (Å²) in [4.78, 5) is 18.7. The van der Waals surface area contributed by atoms with Crippen molar-refractivity contribution in [1.82, 2.24) is 19.9 Å². The van der Waals surface area contributed by atoms with Crippen molar-refractivity contribution in [2.75, 3.05) is 0 Å². The molecule has 4 nitrogen and oxygen atoms in total. The van der Waals surface area contributed by atoms with E-state index in [1.165, 1.54) is 11.1 Å². The van der Waals surface area contributed by atoms with Crippen molar-refractivity contribution < 1.29 is 0 Å². The van der Waals surface area contributed by atoms with Crippen LogP contribution in [0.2, 0.25) is 0 Å². The fourth-order valence-electron chi connectivity index (χ4n) is 5.86. The van der Waals surface area contributed by atoms with E-state index >= 15 is 0 Å². The number of benzene rings is 4. The average Bonchev–Trinajstić information content (AvgIpc) is 3.84. The molecule has 208 valence electrons. The minimum absolute atomic E-state index is 0.876. The maximum absolute atomic E-state index is 4.89. The van der Waals surface area contributed by atoms with E-state index in [0.29, 0.717) is 0 Å². The average molecular weight is 601 g/mol. The standard InChI is InChI=1S/C38H24N4S2/c1-3-9-25(10-4-1)35-33(27-15-17-31(41-23-27)37-39-19-21-43-37)29-13-7-8-14-30(29)34(36(35)26-11-5-2-6-12-26)28-16-18-32(42-24-28)38-40-20-22-44-38/h1-24H. The third-order valence-corrected chi connectivity index (χ3v) is 9.34. The molecule has 0 unspecified atom stereocenters. The minimum atomic E-state index is 0.876. The molecule has 0 spiro atoms. The Morgan fingerprint density at radius 2 is 0.795 bits per heavy atom. The number of hydrogen-bond acceptors (Lipinski definition) is 6. The van der Waals surface area contributed by atoms with Crippen LogP contribution < -0.4 is 0 Å². The Labute approximate surface area is 263 Å². The minimum Gasteiger partial charge on any atom is -0.253 e. The van der Waals surface area contributed by atoms with E-state index in [1.807, 2.05) is 35.5 Å². The van der Waals surface area contributed by atoms with Crippen LogP contribution in [0.25, 0.3) is 76.7 Å². The first-order valence-corrected chi connectivity index (χ1v) is 16.0. The van der Waals surface area contributed by atoms with Crippen LogP contribution in [0.3, 0.4) is 0 Å². The number of rotatable bonds is 6. The Hall–Kier alpha value is -5.30. The van der Waals surface area contributed by atoms with E-state index in [4.69, 9.17) is 9.97 Å². The highest BCUT2D eigenvalue weighted by Crippen LogP contribution is 2.50. The maximum atomic E-state index is 4.89. The predicted molar refractivity (Wildman–Crippen MR) is 183 cm³/mol. The summed E-state index contributed by atoms with van der Waals surface area (Å²) < 4.78 is 0. The van der Waals surface area contributed by atoms with Gasteiger partial charge in [0, 0.05) is 46.7 Å². The first kappa shape index (κ1) is 26.3. The van der Waals surface area contributed by atoms with Gasteiger partial charge >= 0.3 is 0 Å². The molecule has 4 aromatic carbocycles. The zero-order chi connectivity index (χ0) is 29.3. The van der Waals surface area contributed by atoms with Crippen molar-refractivity contribution in [3.05, 3.63) is 145 Å². The lowest BCUT2D eigenvalue weighted by Crippen LogP contribution is -1.98. The molecule has 44 heavy (non-hydrogen) atoms. The molecule has 0 aliphatic rings. The number of pyridine rings is 2. The molecule has 0 saturated heterocycles. The molecule has 8 aromatic rings. The molecule has 0 radical (unpaired) electrons. The van der Waals surface area contributed by atoms with Crippen LogP contribution >= 0.6 is 22.7 Å². The molecule has 0 aliphatic heterocycles. The summed E-state index contributed by atoms with van der Waals surface area (Å²) in [5.74, 6) is 0. The molecule has 6 heteroatoms. The topological polar surface area (TPSA) is 51.6 Å². The van der Waals surface area contributed by atoms with E-state index in [-0.39, 0.29) is 0 Å². The van der Waals surface area contributed by atoms with E-state index in [1.54, 1.807) is 22.7 Å². The summed E-state index contributed by atoms with van der Waals surface area (Å²) in [5, 5.41) is 8.12. The van der Waals surface area contributed by atoms with Gasteiger partial charge in [-0.2, -0.15) is 0 Å². The van der Waals surface area contributed by atoms with Gasteiger partial charge in [0.25, 0.3) is 0 Å². The van der Waals surface area contributed by atoms with Crippen LogP contribution in [0.1, 0.15) is 0 Å². The molecular formula is C38H24N4S2. The van der Waals surface area contributed by atoms with Gasteiger partial charge in [-0.25, -0.2) is 9.97 Å². The van der Waals surface area contributed by atoms with Crippen molar-refractivity contribution in [3.63, 3.8) is 0 Å². The Morgan fingerprint density at radius 3 is 1.16 bits per heavy atom. The van der Waals surface area contributed by atoms with Crippen LogP contribution in [-0.2, 0) is 0 Å². The monoisotopic (exact) mass is 600 g/mol. The summed E-state index contributed by atoms with van der Waals surface area (Å²) in [6.07, 6.45) is 7.62. The SMILES string of the molecule is c1ccc(-c2c(-c3ccccc3)c(-c3ccc(-c4nccs4)nc3)c3ccccc3c2-c2ccc(-c3nccs3)nc2)cc1. The van der Waals surface area contributed by atoms with Gasteiger partial charge in [-0.05, 0) is 56.3 Å². The van der Waals surface area contributed by atoms with Crippen LogP contribution in [0.5, 0.6) is 0 Å². The summed E-state index contributed by atoms with van der Waals surface area (Å²) in [6, 6.07) is 38.6. The van der Waals surface area contributed by atoms with E-state index in [2.05, 4.69) is 119 Å². The summed E-state index contributed by atoms with van der Waals surface area (Å²) in [6.45, 7) is 0. The van der Waals surface area contributed by atoms with Crippen LogP contribution in [0.15, 0.2) is 145 Å². The molecule has 0 bridgehead atoms. The second-order valence-electron chi connectivity index (χ2n) is 10.3. The molecule has 4 aromatic heterocycles. The zero-order valence-corrected chi connectivity index (χ0v) is 25.1. The fourth-order valence-corrected chi connectivity index (χ4v) is 7.09. The van der Waals surface area contributed by atoms with Gasteiger partial charge < -0.3 is 0 Å². The quantitative estimate of drug-likeness (QED) is 0.191. The van der Waals surface area contributed by atoms with Crippen LogP contribution in [0, 0.1) is 0 Å². The van der Waals surface area contributed by atoms with Gasteiger partial charge in [-0.1, -0.05) is 97.1 Å². The third kappa shape index (κ3) is 4.71. The Bertz CT molecular complexity index is 2020. The first-order valence-electron chi connectivity index (χ1n) is 14.3. The number of fused-ring (bicyclic) bond motifs is 1. The van der Waals surface area contributed by atoms with Crippen molar-refractivity contribution in [2.45, 2.75) is 0 Å². The zero-order valence-electron chi connectivity index (χ0n) is 23.5. The number of hydrogen-bond donors (Lipinski definition) is 0. The van der Waals surface area contributed by atoms with Crippen LogP contribution in [0.4, 0.5) is 0 Å². The van der Waals surface area contributed by atoms with Gasteiger partial charge in [-0.15, -0.1) is 22.7 Å². The van der Waals surface area contributed by atoms with Crippen LogP contribution in [-0.4, -0.2) is 19.9 Å². The molecule has 0 amide bonds. The molecule has 0 aliphatic carbocycles. The lowest BCUT2D eigenvalue weighted by molar-refractivity contribution is 1.29.